The summed E-state index contributed by atoms with van der Waals surface area (Å²) in [6.45, 7) is 9.62. The molecule has 0 spiro atoms. The summed E-state index contributed by atoms with van der Waals surface area (Å²) in [4.78, 5) is 15.7. The Balaban J connectivity index is 2.36. The summed E-state index contributed by atoms with van der Waals surface area (Å²) in [7, 11) is 0. The summed E-state index contributed by atoms with van der Waals surface area (Å²) in [6.07, 6.45) is 2.96. The lowest BCUT2D eigenvalue weighted by atomic mass is 10.1. The molecule has 6 heteroatoms. The van der Waals surface area contributed by atoms with Crippen LogP contribution < -0.4 is 0 Å². The fourth-order valence-electron chi connectivity index (χ4n) is 2.55. The van der Waals surface area contributed by atoms with E-state index in [1.807, 2.05) is 26.2 Å². The second-order valence-corrected chi connectivity index (χ2v) is 7.27. The van der Waals surface area contributed by atoms with Crippen molar-refractivity contribution in [1.82, 2.24) is 14.7 Å². The molecule has 0 bridgehead atoms. The highest BCUT2D eigenvalue weighted by Crippen LogP contribution is 2.34. The van der Waals surface area contributed by atoms with Gasteiger partial charge in [0.05, 0.1) is 0 Å². The number of carbonyl (C=O) groups is 1. The van der Waals surface area contributed by atoms with Crippen LogP contribution in [-0.2, 0) is 6.42 Å². The van der Waals surface area contributed by atoms with E-state index in [9.17, 15) is 4.79 Å². The van der Waals surface area contributed by atoms with Gasteiger partial charge in [0.1, 0.15) is 10.1 Å². The Morgan fingerprint density at radius 2 is 1.96 bits per heavy atom. The summed E-state index contributed by atoms with van der Waals surface area (Å²) in [5, 5.41) is 6.32. The number of nitrogens with zero attached hydrogens (tertiary/aromatic N) is 3. The van der Waals surface area contributed by atoms with E-state index in [0.717, 1.165) is 16.5 Å². The highest BCUT2D eigenvalue weighted by Gasteiger charge is 2.19. The molecule has 0 radical (unpaired) electrons. The van der Waals surface area contributed by atoms with Crippen LogP contribution in [0.1, 0.15) is 31.9 Å². The summed E-state index contributed by atoms with van der Waals surface area (Å²) < 4.78 is 1.53. The third kappa shape index (κ3) is 3.98. The molecular formula is C18H25N3OS2. The number of aromatic nitrogens is 2. The fraction of sp³-hybridized carbons (Fsp3) is 0.444. The highest BCUT2D eigenvalue weighted by atomic mass is 32.2. The first-order valence-corrected chi connectivity index (χ1v) is 10.3. The van der Waals surface area contributed by atoms with Gasteiger partial charge in [0.15, 0.2) is 0 Å². The molecule has 0 aliphatic heterocycles. The van der Waals surface area contributed by atoms with Gasteiger partial charge in [-0.3, -0.25) is 0 Å². The molecule has 24 heavy (non-hydrogen) atoms. The lowest BCUT2D eigenvalue weighted by Gasteiger charge is -2.18. The van der Waals surface area contributed by atoms with Crippen molar-refractivity contribution in [2.24, 2.45) is 0 Å². The Bertz CT molecular complexity index is 708. The van der Waals surface area contributed by atoms with Gasteiger partial charge in [-0.25, -0.2) is 4.79 Å². The van der Waals surface area contributed by atoms with Gasteiger partial charge in [-0.15, -0.1) is 11.8 Å². The van der Waals surface area contributed by atoms with Crippen LogP contribution in [-0.4, -0.2) is 40.1 Å². The van der Waals surface area contributed by atoms with E-state index in [1.165, 1.54) is 20.7 Å². The second kappa shape index (κ2) is 8.62. The zero-order valence-corrected chi connectivity index (χ0v) is 16.6. The van der Waals surface area contributed by atoms with E-state index in [1.54, 1.807) is 28.4 Å². The molecule has 0 N–H and O–H groups in total. The van der Waals surface area contributed by atoms with Crippen molar-refractivity contribution in [3.05, 3.63) is 35.4 Å². The van der Waals surface area contributed by atoms with Crippen LogP contribution in [0.3, 0.4) is 0 Å². The molecule has 1 amide bonds. The number of carbonyl (C=O) groups excluding carboxylic acids is 1. The van der Waals surface area contributed by atoms with E-state index in [4.69, 9.17) is 0 Å². The Morgan fingerprint density at radius 1 is 1.25 bits per heavy atom. The fourth-order valence-corrected chi connectivity index (χ4v) is 4.22. The Hall–Kier alpha value is -1.40. The zero-order valence-electron chi connectivity index (χ0n) is 15.0. The van der Waals surface area contributed by atoms with Gasteiger partial charge >= 0.3 is 6.03 Å². The van der Waals surface area contributed by atoms with E-state index >= 15 is 0 Å². The van der Waals surface area contributed by atoms with Crippen molar-refractivity contribution >= 4 is 29.6 Å². The summed E-state index contributed by atoms with van der Waals surface area (Å²) in [5.41, 5.74) is 2.56. The van der Waals surface area contributed by atoms with Gasteiger partial charge in [-0.2, -0.15) is 9.78 Å². The molecular weight excluding hydrogens is 338 g/mol. The number of aryl methyl sites for hydroxylation is 2. The molecule has 1 heterocycles. The van der Waals surface area contributed by atoms with Gasteiger partial charge in [0.2, 0.25) is 0 Å². The average Bonchev–Trinajstić information content (AvgIpc) is 3.00. The normalized spacial score (nSPS) is 10.9. The van der Waals surface area contributed by atoms with Crippen molar-refractivity contribution in [1.29, 1.82) is 0 Å². The molecule has 2 rings (SSSR count). The van der Waals surface area contributed by atoms with Crippen molar-refractivity contribution in [3.8, 4) is 0 Å². The predicted molar refractivity (Wildman–Crippen MR) is 102 cm³/mol. The van der Waals surface area contributed by atoms with Crippen LogP contribution in [0.2, 0.25) is 0 Å². The van der Waals surface area contributed by atoms with Crippen LogP contribution >= 0.6 is 23.5 Å². The summed E-state index contributed by atoms with van der Waals surface area (Å²) in [5.74, 6) is 0. The molecule has 0 saturated carbocycles. The number of rotatable bonds is 6. The van der Waals surface area contributed by atoms with E-state index < -0.39 is 0 Å². The van der Waals surface area contributed by atoms with Crippen LogP contribution in [0.4, 0.5) is 4.79 Å². The number of benzene rings is 1. The van der Waals surface area contributed by atoms with Gasteiger partial charge in [0, 0.05) is 24.1 Å². The van der Waals surface area contributed by atoms with Crippen molar-refractivity contribution < 1.29 is 4.79 Å². The molecule has 1 aromatic carbocycles. The Labute approximate surface area is 153 Å². The third-order valence-corrected chi connectivity index (χ3v) is 5.87. The molecule has 0 fully saturated rings. The van der Waals surface area contributed by atoms with Crippen molar-refractivity contribution in [2.45, 2.75) is 49.1 Å². The van der Waals surface area contributed by atoms with Crippen LogP contribution in [0.15, 0.2) is 39.2 Å². The monoisotopic (exact) mass is 363 g/mol. The number of hydrogen-bond donors (Lipinski definition) is 0. The molecule has 0 aliphatic rings. The number of thioether (sulfide) groups is 1. The third-order valence-electron chi connectivity index (χ3n) is 3.96. The molecule has 0 aliphatic carbocycles. The molecule has 130 valence electrons. The molecule has 2 aromatic rings. The molecule has 0 atom stereocenters. The molecule has 1 aromatic heterocycles. The number of hydrogen-bond acceptors (Lipinski definition) is 4. The quantitative estimate of drug-likeness (QED) is 0.682. The van der Waals surface area contributed by atoms with Crippen LogP contribution in [0.5, 0.6) is 0 Å². The topological polar surface area (TPSA) is 38.1 Å². The van der Waals surface area contributed by atoms with Crippen molar-refractivity contribution in [3.63, 3.8) is 0 Å². The van der Waals surface area contributed by atoms with Gasteiger partial charge in [-0.05, 0) is 44.6 Å². The minimum atomic E-state index is -0.0586. The first kappa shape index (κ1) is 18.9. The van der Waals surface area contributed by atoms with E-state index in [-0.39, 0.29) is 6.03 Å². The summed E-state index contributed by atoms with van der Waals surface area (Å²) >= 11 is 3.19. The van der Waals surface area contributed by atoms with E-state index in [2.05, 4.69) is 37.1 Å². The van der Waals surface area contributed by atoms with Crippen LogP contribution in [0.25, 0.3) is 0 Å². The molecule has 4 nitrogen and oxygen atoms in total. The largest absolute Gasteiger partial charge is 0.345 e. The maximum Gasteiger partial charge on any atom is 0.345 e. The maximum atomic E-state index is 12.6. The molecule has 0 saturated heterocycles. The highest BCUT2D eigenvalue weighted by molar-refractivity contribution is 7.99. The predicted octanol–water partition coefficient (Wildman–Crippen LogP) is 4.94. The van der Waals surface area contributed by atoms with Crippen molar-refractivity contribution in [2.75, 3.05) is 19.3 Å². The summed E-state index contributed by atoms with van der Waals surface area (Å²) in [6, 6.07) is 8.31. The molecule has 0 unspecified atom stereocenters. The smallest absolute Gasteiger partial charge is 0.323 e. The van der Waals surface area contributed by atoms with Gasteiger partial charge in [-0.1, -0.05) is 36.9 Å². The minimum Gasteiger partial charge on any atom is -0.323 e. The lowest BCUT2D eigenvalue weighted by molar-refractivity contribution is 0.199. The number of amides is 1. The first-order chi connectivity index (χ1) is 11.5. The first-order valence-electron chi connectivity index (χ1n) is 8.25. The zero-order chi connectivity index (χ0) is 17.7. The minimum absolute atomic E-state index is 0.0586. The average molecular weight is 364 g/mol. The van der Waals surface area contributed by atoms with Gasteiger partial charge < -0.3 is 4.90 Å². The maximum absolute atomic E-state index is 12.6. The lowest BCUT2D eigenvalue weighted by Crippen LogP contribution is -2.35. The second-order valence-electron chi connectivity index (χ2n) is 5.41. The Kier molecular flexibility index (Phi) is 6.80. The van der Waals surface area contributed by atoms with Gasteiger partial charge in [0.25, 0.3) is 0 Å². The SMILES string of the molecule is CCc1cccc(C)c1Sc1cc(SC)n(C(=O)N(CC)CC)n1. The Morgan fingerprint density at radius 3 is 2.54 bits per heavy atom. The van der Waals surface area contributed by atoms with Crippen LogP contribution in [0, 0.1) is 6.92 Å². The van der Waals surface area contributed by atoms with E-state index in [0.29, 0.717) is 13.1 Å². The standard InChI is InChI=1S/C18H25N3OS2/c1-6-14-11-9-10-13(4)17(14)24-15-12-16(23-5)21(19-15)18(22)20(7-2)8-3/h9-12H,6-8H2,1-5H3.